The second-order valence-corrected chi connectivity index (χ2v) is 5.51. The van der Waals surface area contributed by atoms with Gasteiger partial charge in [-0.3, -0.25) is 0 Å². The highest BCUT2D eigenvalue weighted by atomic mass is 35.5. The monoisotopic (exact) mass is 313 g/mol. The highest BCUT2D eigenvalue weighted by molar-refractivity contribution is 6.34. The van der Waals surface area contributed by atoms with E-state index in [2.05, 4.69) is 0 Å². The summed E-state index contributed by atoms with van der Waals surface area (Å²) < 4.78 is 19.4. The molecule has 5 heteroatoms. The van der Waals surface area contributed by atoms with Crippen molar-refractivity contribution in [1.29, 1.82) is 0 Å². The molecule has 2 aromatic carbocycles. The molecule has 0 aliphatic rings. The van der Waals surface area contributed by atoms with Crippen molar-refractivity contribution in [3.63, 3.8) is 0 Å². The predicted octanol–water partition coefficient (Wildman–Crippen LogP) is 5.25. The van der Waals surface area contributed by atoms with Crippen LogP contribution >= 0.6 is 23.2 Å². The van der Waals surface area contributed by atoms with E-state index in [-0.39, 0.29) is 11.9 Å². The molecule has 0 heterocycles. The fraction of sp³-hybridized carbons (Fsp3) is 0.200. The molecule has 0 aliphatic carbocycles. The summed E-state index contributed by atoms with van der Waals surface area (Å²) in [7, 11) is 0. The highest BCUT2D eigenvalue weighted by Crippen LogP contribution is 2.33. The van der Waals surface area contributed by atoms with E-state index in [1.165, 1.54) is 6.07 Å². The third-order valence-corrected chi connectivity index (χ3v) is 3.28. The zero-order valence-electron chi connectivity index (χ0n) is 11.1. The van der Waals surface area contributed by atoms with Crippen LogP contribution in [0.4, 0.5) is 4.39 Å². The lowest BCUT2D eigenvalue weighted by molar-refractivity contribution is 0.468. The Kier molecular flexibility index (Phi) is 4.53. The Bertz CT molecular complexity index is 624. The van der Waals surface area contributed by atoms with Gasteiger partial charge in [0.05, 0.1) is 0 Å². The predicted molar refractivity (Wildman–Crippen MR) is 80.3 cm³/mol. The minimum Gasteiger partial charge on any atom is -0.457 e. The van der Waals surface area contributed by atoms with Gasteiger partial charge in [0.2, 0.25) is 0 Å². The first-order valence-corrected chi connectivity index (χ1v) is 6.82. The minimum absolute atomic E-state index is 0.311. The molecule has 0 saturated heterocycles. The van der Waals surface area contributed by atoms with Gasteiger partial charge in [0, 0.05) is 21.7 Å². The van der Waals surface area contributed by atoms with Crippen molar-refractivity contribution in [3.8, 4) is 11.5 Å². The van der Waals surface area contributed by atoms with Gasteiger partial charge < -0.3 is 10.5 Å². The Balaban J connectivity index is 2.44. The molecule has 0 unspecified atom stereocenters. The van der Waals surface area contributed by atoms with Crippen molar-refractivity contribution in [3.05, 3.63) is 57.3 Å². The van der Waals surface area contributed by atoms with E-state index in [4.69, 9.17) is 33.7 Å². The molecule has 20 heavy (non-hydrogen) atoms. The maximum absolute atomic E-state index is 13.6. The summed E-state index contributed by atoms with van der Waals surface area (Å²) in [5.41, 5.74) is 6.92. The Labute approximate surface area is 127 Å². The van der Waals surface area contributed by atoms with Gasteiger partial charge in [-0.1, -0.05) is 23.2 Å². The summed E-state index contributed by atoms with van der Waals surface area (Å²) in [5.74, 6) is 0.668. The molecule has 0 saturated carbocycles. The zero-order chi connectivity index (χ0) is 14.9. The Morgan fingerprint density at radius 3 is 2.25 bits per heavy atom. The van der Waals surface area contributed by atoms with Crippen molar-refractivity contribution in [2.24, 2.45) is 5.73 Å². The van der Waals surface area contributed by atoms with Crippen LogP contribution in [0.2, 0.25) is 10.0 Å². The standard InChI is InChI=1S/C15H14Cl2FNO/c1-8-3-15(13(9(2)19)7-14(8)18)20-12-5-10(16)4-11(17)6-12/h3-7,9H,19H2,1-2H3/t9-/m1/s1. The van der Waals surface area contributed by atoms with Gasteiger partial charge in [-0.2, -0.15) is 0 Å². The maximum Gasteiger partial charge on any atom is 0.132 e. The second-order valence-electron chi connectivity index (χ2n) is 4.64. The Hall–Kier alpha value is -1.29. The molecule has 0 radical (unpaired) electrons. The van der Waals surface area contributed by atoms with Gasteiger partial charge >= 0.3 is 0 Å². The van der Waals surface area contributed by atoms with Crippen molar-refractivity contribution in [2.45, 2.75) is 19.9 Å². The first-order valence-electron chi connectivity index (χ1n) is 6.06. The lowest BCUT2D eigenvalue weighted by Crippen LogP contribution is -2.08. The fourth-order valence-electron chi connectivity index (χ4n) is 1.83. The van der Waals surface area contributed by atoms with Crippen LogP contribution in [0.3, 0.4) is 0 Å². The van der Waals surface area contributed by atoms with E-state index >= 15 is 0 Å². The first-order chi connectivity index (χ1) is 9.36. The molecule has 2 N–H and O–H groups in total. The number of rotatable bonds is 3. The molecular weight excluding hydrogens is 300 g/mol. The Morgan fingerprint density at radius 1 is 1.10 bits per heavy atom. The molecule has 0 fully saturated rings. The maximum atomic E-state index is 13.6. The van der Waals surface area contributed by atoms with Crippen LogP contribution in [-0.2, 0) is 0 Å². The zero-order valence-corrected chi connectivity index (χ0v) is 12.6. The molecule has 0 bridgehead atoms. The summed E-state index contributed by atoms with van der Waals surface area (Å²) in [6, 6.07) is 7.53. The quantitative estimate of drug-likeness (QED) is 0.839. The van der Waals surface area contributed by atoms with Gasteiger partial charge in [-0.15, -0.1) is 0 Å². The molecule has 2 rings (SSSR count). The van der Waals surface area contributed by atoms with E-state index in [1.54, 1.807) is 38.1 Å². The topological polar surface area (TPSA) is 35.2 Å². The van der Waals surface area contributed by atoms with Crippen LogP contribution in [0, 0.1) is 12.7 Å². The molecule has 0 aliphatic heterocycles. The van der Waals surface area contributed by atoms with Gasteiger partial charge in [-0.25, -0.2) is 4.39 Å². The molecule has 0 aromatic heterocycles. The van der Waals surface area contributed by atoms with Crippen molar-refractivity contribution < 1.29 is 9.13 Å². The van der Waals surface area contributed by atoms with Crippen LogP contribution in [0.15, 0.2) is 30.3 Å². The highest BCUT2D eigenvalue weighted by Gasteiger charge is 2.13. The van der Waals surface area contributed by atoms with Gasteiger partial charge in [0.15, 0.2) is 0 Å². The lowest BCUT2D eigenvalue weighted by atomic mass is 10.1. The van der Waals surface area contributed by atoms with Crippen molar-refractivity contribution >= 4 is 23.2 Å². The van der Waals surface area contributed by atoms with E-state index in [0.717, 1.165) is 0 Å². The molecule has 0 amide bonds. The largest absolute Gasteiger partial charge is 0.457 e. The summed E-state index contributed by atoms with van der Waals surface area (Å²) in [6.07, 6.45) is 0. The van der Waals surface area contributed by atoms with E-state index in [0.29, 0.717) is 32.7 Å². The molecule has 2 nitrogen and oxygen atoms in total. The van der Waals surface area contributed by atoms with Crippen LogP contribution in [0.25, 0.3) is 0 Å². The Morgan fingerprint density at radius 2 is 1.70 bits per heavy atom. The average molecular weight is 314 g/mol. The van der Waals surface area contributed by atoms with E-state index in [1.807, 2.05) is 0 Å². The van der Waals surface area contributed by atoms with E-state index < -0.39 is 0 Å². The SMILES string of the molecule is Cc1cc(Oc2cc(Cl)cc(Cl)c2)c([C@@H](C)N)cc1F. The smallest absolute Gasteiger partial charge is 0.132 e. The third-order valence-electron chi connectivity index (χ3n) is 2.85. The number of nitrogens with two attached hydrogens (primary N) is 1. The molecule has 2 aromatic rings. The average Bonchev–Trinajstić information content (AvgIpc) is 2.31. The summed E-state index contributed by atoms with van der Waals surface area (Å²) in [4.78, 5) is 0. The van der Waals surface area contributed by atoms with Crippen LogP contribution < -0.4 is 10.5 Å². The number of benzene rings is 2. The van der Waals surface area contributed by atoms with Gasteiger partial charge in [-0.05, 0) is 49.7 Å². The van der Waals surface area contributed by atoms with Crippen LogP contribution in [0.5, 0.6) is 11.5 Å². The molecule has 0 spiro atoms. The number of halogens is 3. The van der Waals surface area contributed by atoms with Gasteiger partial charge in [0.25, 0.3) is 0 Å². The molecule has 1 atom stereocenters. The molecule has 106 valence electrons. The minimum atomic E-state index is -0.352. The lowest BCUT2D eigenvalue weighted by Gasteiger charge is -2.15. The van der Waals surface area contributed by atoms with Crippen LogP contribution in [0.1, 0.15) is 24.1 Å². The number of hydrogen-bond donors (Lipinski definition) is 1. The number of hydrogen-bond acceptors (Lipinski definition) is 2. The third kappa shape index (κ3) is 3.42. The molecular formula is C15H14Cl2FNO. The van der Waals surface area contributed by atoms with Crippen molar-refractivity contribution in [1.82, 2.24) is 0 Å². The normalized spacial score (nSPS) is 12.3. The number of aryl methyl sites for hydroxylation is 1. The summed E-state index contributed by atoms with van der Waals surface area (Å²) in [6.45, 7) is 3.43. The fourth-order valence-corrected chi connectivity index (χ4v) is 2.34. The summed E-state index contributed by atoms with van der Waals surface area (Å²) >= 11 is 11.9. The number of ether oxygens (including phenoxy) is 1. The van der Waals surface area contributed by atoms with Gasteiger partial charge in [0.1, 0.15) is 17.3 Å². The van der Waals surface area contributed by atoms with Crippen molar-refractivity contribution in [2.75, 3.05) is 0 Å². The second kappa shape index (κ2) is 6.00. The van der Waals surface area contributed by atoms with E-state index in [9.17, 15) is 4.39 Å². The van der Waals surface area contributed by atoms with Crippen LogP contribution in [-0.4, -0.2) is 0 Å². The first kappa shape index (κ1) is 15.1. The summed E-state index contributed by atoms with van der Waals surface area (Å²) in [5, 5.41) is 0.933.